The number of nitrogens with zero attached hydrogens (tertiary/aromatic N) is 5. The third-order valence-corrected chi connectivity index (χ3v) is 6.62. The zero-order valence-corrected chi connectivity index (χ0v) is 21.6. The van der Waals surface area contributed by atoms with Gasteiger partial charge in [0.25, 0.3) is 5.91 Å². The van der Waals surface area contributed by atoms with Crippen LogP contribution in [-0.2, 0) is 5.54 Å². The van der Waals surface area contributed by atoms with E-state index >= 15 is 0 Å². The monoisotopic (exact) mass is 493 g/mol. The minimum absolute atomic E-state index is 0.212. The Kier molecular flexibility index (Phi) is 6.03. The zero-order chi connectivity index (χ0) is 26.3. The van der Waals surface area contributed by atoms with Crippen LogP contribution in [0.1, 0.15) is 56.6 Å². The molecule has 0 unspecified atom stereocenters. The van der Waals surface area contributed by atoms with Crippen LogP contribution in [0.15, 0.2) is 77.5 Å². The molecule has 0 saturated heterocycles. The number of carbonyl (C=O) groups is 1. The average molecular weight is 494 g/mol. The van der Waals surface area contributed by atoms with Crippen LogP contribution < -0.4 is 11.5 Å². The molecule has 0 fully saturated rings. The normalized spacial score (nSPS) is 14.2. The molecule has 3 heterocycles. The highest BCUT2D eigenvalue weighted by molar-refractivity contribution is 6.11. The first-order valence-corrected chi connectivity index (χ1v) is 12.4. The Bertz CT molecular complexity index is 1610. The molecule has 0 saturated carbocycles. The molecule has 0 atom stereocenters. The van der Waals surface area contributed by atoms with E-state index in [2.05, 4.69) is 66.5 Å². The Hall–Kier alpha value is -4.46. The van der Waals surface area contributed by atoms with Crippen LogP contribution in [0.25, 0.3) is 33.7 Å². The fourth-order valence-electron chi connectivity index (χ4n) is 4.73. The van der Waals surface area contributed by atoms with E-state index in [1.807, 2.05) is 35.0 Å². The van der Waals surface area contributed by atoms with Gasteiger partial charge in [-0.2, -0.15) is 0 Å². The van der Waals surface area contributed by atoms with E-state index in [4.69, 9.17) is 16.5 Å². The molecule has 0 aliphatic carbocycles. The van der Waals surface area contributed by atoms with Crippen LogP contribution in [0, 0.1) is 0 Å². The van der Waals surface area contributed by atoms with Crippen molar-refractivity contribution in [2.24, 2.45) is 16.5 Å². The first kappa shape index (κ1) is 24.2. The molecule has 1 aliphatic rings. The van der Waals surface area contributed by atoms with Crippen molar-refractivity contribution in [3.8, 4) is 17.1 Å². The fraction of sp³-hybridized carbons (Fsp3) is 0.241. The molecule has 4 N–H and O–H groups in total. The highest BCUT2D eigenvalue weighted by Crippen LogP contribution is 2.35. The third-order valence-electron chi connectivity index (χ3n) is 6.62. The number of para-hydroxylation sites is 1. The molecule has 1 amide bonds. The van der Waals surface area contributed by atoms with Gasteiger partial charge in [-0.25, -0.2) is 15.0 Å². The first-order chi connectivity index (χ1) is 17.7. The Morgan fingerprint density at radius 1 is 1.14 bits per heavy atom. The maximum atomic E-state index is 11.6. The Labute approximate surface area is 216 Å². The second kappa shape index (κ2) is 9.20. The first-order valence-electron chi connectivity index (χ1n) is 12.4. The van der Waals surface area contributed by atoms with Crippen LogP contribution in [0.3, 0.4) is 0 Å². The van der Waals surface area contributed by atoms with E-state index in [-0.39, 0.29) is 11.2 Å². The van der Waals surface area contributed by atoms with Crippen molar-refractivity contribution < 1.29 is 4.79 Å². The van der Waals surface area contributed by atoms with Crippen LogP contribution in [0.4, 0.5) is 0 Å². The van der Waals surface area contributed by atoms with Gasteiger partial charge in [-0.05, 0) is 74.6 Å². The van der Waals surface area contributed by atoms with Crippen molar-refractivity contribution in [1.29, 1.82) is 0 Å². The summed E-state index contributed by atoms with van der Waals surface area (Å²) in [5, 5.41) is 0. The highest BCUT2D eigenvalue weighted by Gasteiger charge is 2.25. The number of hydrogen-bond donors (Lipinski definition) is 2. The van der Waals surface area contributed by atoms with E-state index in [9.17, 15) is 4.79 Å². The lowest BCUT2D eigenvalue weighted by Crippen LogP contribution is -2.23. The van der Waals surface area contributed by atoms with Crippen molar-refractivity contribution in [2.45, 2.75) is 46.1 Å². The van der Waals surface area contributed by atoms with E-state index in [1.165, 1.54) is 0 Å². The van der Waals surface area contributed by atoms with Gasteiger partial charge < -0.3 is 20.6 Å². The van der Waals surface area contributed by atoms with Crippen molar-refractivity contribution in [3.05, 3.63) is 83.7 Å². The average Bonchev–Trinajstić information content (AvgIpc) is 3.46. The molecule has 4 aromatic rings. The summed E-state index contributed by atoms with van der Waals surface area (Å²) in [5.74, 6) is 0.863. The SMILES string of the molecule is CCC1=C(N)N=CC(c2ccc3c(c2)nc(-c2ccccc2-n2cnc(C(N)=O)c2)n3C(C)(C)C)=CC1. The van der Waals surface area contributed by atoms with E-state index in [0.29, 0.717) is 5.82 Å². The molecule has 8 heteroatoms. The molecule has 2 aromatic heterocycles. The number of allylic oxidation sites excluding steroid dienone is 3. The number of rotatable bonds is 5. The minimum Gasteiger partial charge on any atom is -0.384 e. The van der Waals surface area contributed by atoms with Gasteiger partial charge in [0.2, 0.25) is 0 Å². The van der Waals surface area contributed by atoms with Gasteiger partial charge in [-0.3, -0.25) is 4.79 Å². The van der Waals surface area contributed by atoms with Crippen molar-refractivity contribution in [2.75, 3.05) is 0 Å². The highest BCUT2D eigenvalue weighted by atomic mass is 16.1. The number of aromatic nitrogens is 4. The number of fused-ring (bicyclic) bond motifs is 1. The summed E-state index contributed by atoms with van der Waals surface area (Å²) in [7, 11) is 0. The van der Waals surface area contributed by atoms with Gasteiger partial charge in [0.15, 0.2) is 0 Å². The predicted octanol–water partition coefficient (Wildman–Crippen LogP) is 5.18. The van der Waals surface area contributed by atoms with Crippen molar-refractivity contribution >= 4 is 28.7 Å². The number of primary amides is 1. The Balaban J connectivity index is 1.66. The maximum Gasteiger partial charge on any atom is 0.268 e. The van der Waals surface area contributed by atoms with Gasteiger partial charge in [-0.1, -0.05) is 31.2 Å². The summed E-state index contributed by atoms with van der Waals surface area (Å²) in [5.41, 5.74) is 18.4. The summed E-state index contributed by atoms with van der Waals surface area (Å²) >= 11 is 0. The molecule has 0 radical (unpaired) electrons. The third kappa shape index (κ3) is 4.46. The number of imidazole rings is 2. The molecular formula is C29H31N7O. The molecule has 188 valence electrons. The molecule has 1 aliphatic heterocycles. The number of aliphatic imine (C=N–C) groups is 1. The molecular weight excluding hydrogens is 462 g/mol. The molecule has 2 aromatic carbocycles. The van der Waals surface area contributed by atoms with Crippen LogP contribution >= 0.6 is 0 Å². The second-order valence-corrected chi connectivity index (χ2v) is 10.2. The summed E-state index contributed by atoms with van der Waals surface area (Å²) in [6.45, 7) is 8.59. The van der Waals surface area contributed by atoms with E-state index in [0.717, 1.165) is 57.7 Å². The molecule has 5 rings (SSSR count). The standard InChI is InChI=1S/C29H31N7O/c1-5-18-10-11-20(15-32-26(18)30)19-12-13-25-22(14-19)34-28(36(25)29(2,3)4)21-8-6-7-9-24(21)35-16-23(27(31)37)33-17-35/h6-9,11-17H,5,10,30H2,1-4H3,(H2,31,37). The van der Waals surface area contributed by atoms with Gasteiger partial charge in [-0.15, -0.1) is 0 Å². The molecule has 8 nitrogen and oxygen atoms in total. The lowest BCUT2D eigenvalue weighted by molar-refractivity contribution is 0.0996. The lowest BCUT2D eigenvalue weighted by atomic mass is 10.0. The molecule has 37 heavy (non-hydrogen) atoms. The van der Waals surface area contributed by atoms with E-state index < -0.39 is 5.91 Å². The summed E-state index contributed by atoms with van der Waals surface area (Å²) < 4.78 is 4.06. The second-order valence-electron chi connectivity index (χ2n) is 10.2. The van der Waals surface area contributed by atoms with Crippen LogP contribution in [0.2, 0.25) is 0 Å². The number of nitrogens with two attached hydrogens (primary N) is 2. The Morgan fingerprint density at radius 2 is 1.92 bits per heavy atom. The number of hydrogen-bond acceptors (Lipinski definition) is 5. The smallest absolute Gasteiger partial charge is 0.268 e. The molecule has 0 spiro atoms. The Morgan fingerprint density at radius 3 is 2.62 bits per heavy atom. The maximum absolute atomic E-state index is 11.6. The van der Waals surface area contributed by atoms with Crippen molar-refractivity contribution in [1.82, 2.24) is 19.1 Å². The topological polar surface area (TPSA) is 117 Å². The van der Waals surface area contributed by atoms with Crippen molar-refractivity contribution in [3.63, 3.8) is 0 Å². The largest absolute Gasteiger partial charge is 0.384 e. The number of benzene rings is 2. The van der Waals surface area contributed by atoms with Gasteiger partial charge in [0.1, 0.15) is 23.7 Å². The fourth-order valence-corrected chi connectivity index (χ4v) is 4.73. The van der Waals surface area contributed by atoms with Gasteiger partial charge >= 0.3 is 0 Å². The van der Waals surface area contributed by atoms with Gasteiger partial charge in [0, 0.05) is 23.5 Å². The van der Waals surface area contributed by atoms with Crippen LogP contribution in [-0.4, -0.2) is 31.2 Å². The quantitative estimate of drug-likeness (QED) is 0.398. The van der Waals surface area contributed by atoms with E-state index in [1.54, 1.807) is 12.5 Å². The number of amides is 1. The minimum atomic E-state index is -0.565. The van der Waals surface area contributed by atoms with Gasteiger partial charge in [0.05, 0.1) is 16.7 Å². The summed E-state index contributed by atoms with van der Waals surface area (Å²) in [6, 6.07) is 14.3. The summed E-state index contributed by atoms with van der Waals surface area (Å²) in [4.78, 5) is 25.4. The molecule has 0 bridgehead atoms. The summed E-state index contributed by atoms with van der Waals surface area (Å²) in [6.07, 6.45) is 8.92. The predicted molar refractivity (Wildman–Crippen MR) is 148 cm³/mol. The van der Waals surface area contributed by atoms with Crippen LogP contribution in [0.5, 0.6) is 0 Å². The zero-order valence-electron chi connectivity index (χ0n) is 21.6. The lowest BCUT2D eigenvalue weighted by Gasteiger charge is -2.25. The number of carbonyl (C=O) groups excluding carboxylic acids is 1.